The molecule has 1 nitrogen and oxygen atoms in total. The van der Waals surface area contributed by atoms with E-state index in [2.05, 4.69) is 97.9 Å². The van der Waals surface area contributed by atoms with Gasteiger partial charge in [0, 0.05) is 5.56 Å². The molecule has 4 aromatic rings. The van der Waals surface area contributed by atoms with Gasteiger partial charge in [0.2, 0.25) is 0 Å². The van der Waals surface area contributed by atoms with Crippen molar-refractivity contribution in [1.29, 1.82) is 0 Å². The fraction of sp³-hybridized carbons (Fsp3) is 0.111. The lowest BCUT2D eigenvalue weighted by Crippen LogP contribution is -2.30. The second-order valence-corrected chi connectivity index (χ2v) is 7.36. The summed E-state index contributed by atoms with van der Waals surface area (Å²) in [4.78, 5) is 0. The van der Waals surface area contributed by atoms with Gasteiger partial charge in [0.15, 0.2) is 0 Å². The molecule has 1 aliphatic rings. The van der Waals surface area contributed by atoms with Crippen molar-refractivity contribution in [2.75, 3.05) is 7.11 Å². The summed E-state index contributed by atoms with van der Waals surface area (Å²) in [5.41, 5.74) is 8.59. The smallest absolute Gasteiger partial charge is 0.123 e. The van der Waals surface area contributed by atoms with Crippen molar-refractivity contribution in [2.45, 2.75) is 12.3 Å². The summed E-state index contributed by atoms with van der Waals surface area (Å²) in [6.45, 7) is 2.20. The lowest BCUT2D eigenvalue weighted by atomic mass is 9.66. The average molecular weight is 362 g/mol. The molecule has 0 saturated carbocycles. The molecule has 0 unspecified atom stereocenters. The van der Waals surface area contributed by atoms with Gasteiger partial charge in [-0.15, -0.1) is 0 Å². The van der Waals surface area contributed by atoms with Crippen LogP contribution in [0.25, 0.3) is 11.1 Å². The van der Waals surface area contributed by atoms with Crippen LogP contribution in [0.15, 0.2) is 97.1 Å². The first-order valence-electron chi connectivity index (χ1n) is 9.67. The third kappa shape index (κ3) is 2.13. The van der Waals surface area contributed by atoms with Crippen molar-refractivity contribution < 1.29 is 4.74 Å². The lowest BCUT2D eigenvalue weighted by molar-refractivity contribution is 0.405. The molecule has 0 N–H and O–H groups in total. The highest BCUT2D eigenvalue weighted by atomic mass is 16.5. The molecular weight excluding hydrogens is 340 g/mol. The van der Waals surface area contributed by atoms with Gasteiger partial charge < -0.3 is 4.74 Å². The van der Waals surface area contributed by atoms with Gasteiger partial charge in [-0.3, -0.25) is 0 Å². The summed E-state index contributed by atoms with van der Waals surface area (Å²) in [6.07, 6.45) is 0. The van der Waals surface area contributed by atoms with E-state index in [0.717, 1.165) is 5.75 Å². The van der Waals surface area contributed by atoms with Crippen molar-refractivity contribution in [1.82, 2.24) is 0 Å². The molecule has 0 atom stereocenters. The topological polar surface area (TPSA) is 9.23 Å². The number of methoxy groups -OCH3 is 1. The Bertz CT molecular complexity index is 1130. The summed E-state index contributed by atoms with van der Waals surface area (Å²) in [5, 5.41) is 0. The van der Waals surface area contributed by atoms with Gasteiger partial charge in [0.05, 0.1) is 12.5 Å². The monoisotopic (exact) mass is 362 g/mol. The van der Waals surface area contributed by atoms with Gasteiger partial charge in [0.1, 0.15) is 5.75 Å². The van der Waals surface area contributed by atoms with Gasteiger partial charge >= 0.3 is 0 Å². The summed E-state index contributed by atoms with van der Waals surface area (Å²) >= 11 is 0. The number of hydrogen-bond donors (Lipinski definition) is 0. The Morgan fingerprint density at radius 3 is 1.57 bits per heavy atom. The zero-order valence-corrected chi connectivity index (χ0v) is 16.1. The average Bonchev–Trinajstić information content (AvgIpc) is 3.05. The first kappa shape index (κ1) is 16.8. The Labute approximate surface area is 166 Å². The predicted molar refractivity (Wildman–Crippen MR) is 115 cm³/mol. The van der Waals surface area contributed by atoms with Crippen LogP contribution in [-0.4, -0.2) is 7.11 Å². The fourth-order valence-electron chi connectivity index (χ4n) is 4.91. The van der Waals surface area contributed by atoms with E-state index in [4.69, 9.17) is 4.74 Å². The van der Waals surface area contributed by atoms with E-state index in [-0.39, 0.29) is 0 Å². The number of fused-ring (bicyclic) bond motifs is 3. The van der Waals surface area contributed by atoms with Gasteiger partial charge in [-0.2, -0.15) is 0 Å². The maximum absolute atomic E-state index is 5.87. The molecular formula is C27H22O. The largest absolute Gasteiger partial charge is 0.496 e. The van der Waals surface area contributed by atoms with Crippen molar-refractivity contribution in [2.24, 2.45) is 0 Å². The minimum Gasteiger partial charge on any atom is -0.496 e. The van der Waals surface area contributed by atoms with Crippen LogP contribution in [0.3, 0.4) is 0 Å². The van der Waals surface area contributed by atoms with Gasteiger partial charge in [-0.25, -0.2) is 0 Å². The van der Waals surface area contributed by atoms with E-state index in [1.807, 2.05) is 6.07 Å². The molecule has 0 heterocycles. The minimum atomic E-state index is -0.398. The van der Waals surface area contributed by atoms with Crippen LogP contribution in [0, 0.1) is 6.92 Å². The molecule has 1 aliphatic carbocycles. The second-order valence-electron chi connectivity index (χ2n) is 7.36. The van der Waals surface area contributed by atoms with Crippen LogP contribution in [-0.2, 0) is 5.41 Å². The summed E-state index contributed by atoms with van der Waals surface area (Å²) in [6, 6.07) is 34.7. The number of para-hydroxylation sites is 1. The predicted octanol–water partition coefficient (Wildman–Crippen LogP) is 6.37. The second kappa shape index (κ2) is 6.38. The third-order valence-electron chi connectivity index (χ3n) is 6.01. The Hall–Kier alpha value is -3.32. The number of ether oxygens (including phenoxy) is 1. The van der Waals surface area contributed by atoms with Gasteiger partial charge in [0.25, 0.3) is 0 Å². The van der Waals surface area contributed by atoms with Crippen LogP contribution in [0.2, 0.25) is 0 Å². The summed E-state index contributed by atoms with van der Waals surface area (Å²) in [7, 11) is 1.76. The van der Waals surface area contributed by atoms with Gasteiger partial charge in [-0.1, -0.05) is 91.0 Å². The minimum absolute atomic E-state index is 0.398. The van der Waals surface area contributed by atoms with Crippen LogP contribution >= 0.6 is 0 Å². The van der Waals surface area contributed by atoms with E-state index >= 15 is 0 Å². The van der Waals surface area contributed by atoms with Crippen molar-refractivity contribution in [3.63, 3.8) is 0 Å². The molecule has 0 radical (unpaired) electrons. The highest BCUT2D eigenvalue weighted by Gasteiger charge is 2.47. The molecule has 0 aromatic heterocycles. The molecule has 5 rings (SSSR count). The van der Waals surface area contributed by atoms with E-state index in [1.54, 1.807) is 7.11 Å². The summed E-state index contributed by atoms with van der Waals surface area (Å²) in [5.74, 6) is 0.914. The highest BCUT2D eigenvalue weighted by molar-refractivity contribution is 5.87. The number of aryl methyl sites for hydroxylation is 1. The fourth-order valence-corrected chi connectivity index (χ4v) is 4.91. The standard InChI is InChI=1S/C27H22O/c1-19-11-3-6-14-22(19)27(25-17-9-10-18-26(25)28-2)23-15-7-4-12-20(23)21-13-5-8-16-24(21)27/h3-18H,1-2H3. The van der Waals surface area contributed by atoms with Crippen LogP contribution in [0.1, 0.15) is 27.8 Å². The van der Waals surface area contributed by atoms with E-state index in [0.29, 0.717) is 0 Å². The first-order chi connectivity index (χ1) is 13.8. The molecule has 0 bridgehead atoms. The van der Waals surface area contributed by atoms with Crippen LogP contribution in [0.5, 0.6) is 5.75 Å². The Morgan fingerprint density at radius 1 is 0.536 bits per heavy atom. The molecule has 0 aliphatic heterocycles. The van der Waals surface area contributed by atoms with Crippen LogP contribution in [0.4, 0.5) is 0 Å². The molecule has 0 saturated heterocycles. The van der Waals surface area contributed by atoms with E-state index in [1.165, 1.54) is 38.9 Å². The summed E-state index contributed by atoms with van der Waals surface area (Å²) < 4.78 is 5.87. The molecule has 28 heavy (non-hydrogen) atoms. The van der Waals surface area contributed by atoms with Crippen molar-refractivity contribution in [3.05, 3.63) is 125 Å². The number of benzene rings is 4. The Kier molecular flexibility index (Phi) is 3.84. The Balaban J connectivity index is 2.02. The molecule has 0 fully saturated rings. The zero-order valence-electron chi connectivity index (χ0n) is 16.1. The zero-order chi connectivity index (χ0) is 19.1. The third-order valence-corrected chi connectivity index (χ3v) is 6.01. The molecule has 4 aromatic carbocycles. The van der Waals surface area contributed by atoms with Gasteiger partial charge in [-0.05, 0) is 46.4 Å². The van der Waals surface area contributed by atoms with E-state index in [9.17, 15) is 0 Å². The Morgan fingerprint density at radius 2 is 1.00 bits per heavy atom. The number of rotatable bonds is 3. The van der Waals surface area contributed by atoms with E-state index < -0.39 is 5.41 Å². The lowest BCUT2D eigenvalue weighted by Gasteiger charge is -2.35. The number of hydrogen-bond acceptors (Lipinski definition) is 1. The maximum Gasteiger partial charge on any atom is 0.123 e. The van der Waals surface area contributed by atoms with Crippen LogP contribution < -0.4 is 4.74 Å². The molecule has 0 amide bonds. The highest BCUT2D eigenvalue weighted by Crippen LogP contribution is 2.58. The van der Waals surface area contributed by atoms with Crippen molar-refractivity contribution in [3.8, 4) is 16.9 Å². The molecule has 1 heteroatoms. The maximum atomic E-state index is 5.87. The molecule has 136 valence electrons. The van der Waals surface area contributed by atoms with Crippen molar-refractivity contribution >= 4 is 0 Å². The SMILES string of the molecule is COc1ccccc1C1(c2ccccc2C)c2ccccc2-c2ccccc21. The quantitative estimate of drug-likeness (QED) is 0.362. The normalized spacial score (nSPS) is 13.6. The molecule has 0 spiro atoms. The first-order valence-corrected chi connectivity index (χ1v) is 9.67.